The van der Waals surface area contributed by atoms with E-state index in [1.54, 1.807) is 0 Å². The van der Waals surface area contributed by atoms with Crippen LogP contribution >= 0.6 is 0 Å². The van der Waals surface area contributed by atoms with Crippen molar-refractivity contribution in [1.29, 1.82) is 0 Å². The maximum Gasteiger partial charge on any atom is 0.0713 e. The number of benzene rings is 21. The number of hydrogen-bond donors (Lipinski definition) is 0. The Morgan fingerprint density at radius 3 is 0.917 bits per heavy atom. The van der Waals surface area contributed by atoms with Gasteiger partial charge in [0.05, 0.1) is 11.1 Å². The van der Waals surface area contributed by atoms with Crippen LogP contribution < -0.4 is 14.7 Å². The van der Waals surface area contributed by atoms with Crippen LogP contribution in [-0.2, 0) is 5.41 Å². The minimum absolute atomic E-state index is 0.265. The van der Waals surface area contributed by atoms with E-state index in [2.05, 4.69) is 524 Å². The highest BCUT2D eigenvalue weighted by molar-refractivity contribution is 6.10. The summed E-state index contributed by atoms with van der Waals surface area (Å²) in [5, 5.41) is 10.1. The molecule has 4 saturated carbocycles. The number of anilines is 8. The predicted octanol–water partition coefficient (Wildman–Crippen LogP) is 35.1. The molecule has 0 amide bonds. The maximum atomic E-state index is 2.75. The van der Waals surface area contributed by atoms with Crippen LogP contribution in [0.25, 0.3) is 121 Å². The molecule has 3 nitrogen and oxygen atoms in total. The Bertz CT molecular complexity index is 7560. The molecular weight excluding hydrogens is 1590 g/mol. The van der Waals surface area contributed by atoms with Crippen molar-refractivity contribution in [2.24, 2.45) is 17.8 Å². The quantitative estimate of drug-likeness (QED) is 0.0900. The third-order valence-corrected chi connectivity index (χ3v) is 28.5. The van der Waals surface area contributed by atoms with E-state index in [0.29, 0.717) is 0 Å². The van der Waals surface area contributed by atoms with Gasteiger partial charge < -0.3 is 14.7 Å². The van der Waals surface area contributed by atoms with Crippen LogP contribution in [0.2, 0.25) is 0 Å². The van der Waals surface area contributed by atoms with Crippen LogP contribution in [0.5, 0.6) is 0 Å². The molecule has 132 heavy (non-hydrogen) atoms. The molecule has 0 N–H and O–H groups in total. The fraction of sp³-hybridized carbons (Fsp3) is 0.0853. The van der Waals surface area contributed by atoms with E-state index in [4.69, 9.17) is 0 Å². The predicted molar refractivity (Wildman–Crippen MR) is 558 cm³/mol. The van der Waals surface area contributed by atoms with E-state index in [9.17, 15) is 0 Å². The lowest BCUT2D eigenvalue weighted by Crippen LogP contribution is -2.58. The van der Waals surface area contributed by atoms with Crippen LogP contribution in [0.3, 0.4) is 0 Å². The number of rotatable bonds is 17. The average Bonchev–Trinajstić information content (AvgIpc) is 1.56. The first-order chi connectivity index (χ1) is 65.4. The summed E-state index contributed by atoms with van der Waals surface area (Å²) in [6.07, 6.45) is 8.44. The average molecular weight is 1690 g/mol. The van der Waals surface area contributed by atoms with Crippen LogP contribution in [0.15, 0.2) is 510 Å². The van der Waals surface area contributed by atoms with E-state index >= 15 is 0 Å². The SMILES string of the molecule is c1ccc(-c2cc(-c3ccc(N(c4ccccc4)C45CC6CC(CC(C6)C4)C5)cc3)cc3ccccc23)cc1.c1ccc(-c2cc(-c3ccc(N(c4ccccc4)c4ccc(C5(c6ccccc6)c6ccccc6-c6ccccc65)cc4)cc3)cc3ccccc23)cc1.c1ccc(-c2cc(-c3ccc(N(c4ccccc4)c4ccccc4)c4ccccc34)cc3ccccc23)cc1. The van der Waals surface area contributed by atoms with Crippen molar-refractivity contribution in [3.8, 4) is 77.9 Å². The highest BCUT2D eigenvalue weighted by Crippen LogP contribution is 2.61. The van der Waals surface area contributed by atoms with Gasteiger partial charge in [0.1, 0.15) is 0 Å². The largest absolute Gasteiger partial charge is 0.335 e. The molecule has 4 bridgehead atoms. The second-order valence-electron chi connectivity index (χ2n) is 36.3. The Morgan fingerprint density at radius 2 is 0.485 bits per heavy atom. The molecule has 4 fully saturated rings. The second-order valence-corrected chi connectivity index (χ2v) is 36.3. The molecule has 0 saturated heterocycles. The van der Waals surface area contributed by atoms with Crippen molar-refractivity contribution in [2.45, 2.75) is 49.5 Å². The van der Waals surface area contributed by atoms with Crippen LogP contribution in [0.1, 0.15) is 60.8 Å². The molecule has 0 aliphatic heterocycles. The molecular formula is C129H99N3. The normalized spacial score (nSPS) is 15.9. The van der Waals surface area contributed by atoms with Gasteiger partial charge in [-0.15, -0.1) is 0 Å². The van der Waals surface area contributed by atoms with Crippen molar-refractivity contribution in [3.63, 3.8) is 0 Å². The second kappa shape index (κ2) is 35.3. The first-order valence-electron chi connectivity index (χ1n) is 46.8. The van der Waals surface area contributed by atoms with E-state index in [1.165, 1.54) is 193 Å². The monoisotopic (exact) mass is 1690 g/mol. The van der Waals surface area contributed by atoms with Crippen LogP contribution in [0, 0.1) is 17.8 Å². The number of para-hydroxylation sites is 4. The van der Waals surface area contributed by atoms with Gasteiger partial charge in [0.15, 0.2) is 0 Å². The number of nitrogens with zero attached hydrogens (tertiary/aromatic N) is 3. The molecule has 5 aliphatic carbocycles. The summed E-state index contributed by atoms with van der Waals surface area (Å²) >= 11 is 0. The van der Waals surface area contributed by atoms with Crippen molar-refractivity contribution in [1.82, 2.24) is 0 Å². The Kier molecular flexibility index (Phi) is 21.5. The van der Waals surface area contributed by atoms with E-state index < -0.39 is 5.41 Å². The standard InChI is InChI=1S/C53H37N.C38H35N.C38H27N/c1-4-16-39(17-5-1)50-37-41(36-40-18-10-11-23-47(40)50)38-28-32-45(33-29-38)54(44-21-8-3-9-22-44)46-34-30-43(31-35-46)53(42-19-6-2-7-20-42)51-26-14-12-24-48(51)49-25-13-15-27-52(49)53;1-3-9-31(10-4-1)37-23-33(22-32-11-7-8-14-36(32)37)30-15-17-35(18-16-30)39(34-12-5-2-6-13-34)38-24-27-19-28(25-38)21-29(20-27)26-38;1-4-14-28(15-5-1)37-27-30(26-29-16-10-11-21-33(29)37)34-24-25-38(36-23-13-12-22-35(34)36)39(31-17-6-2-7-18-31)32-19-8-3-9-20-32/h1-37H;1-18,22-23,27-29H,19-21,24-26H2;1-27H. The van der Waals surface area contributed by atoms with Crippen molar-refractivity contribution < 1.29 is 0 Å². The molecule has 0 atom stereocenters. The lowest BCUT2D eigenvalue weighted by atomic mass is 9.52. The third-order valence-electron chi connectivity index (χ3n) is 28.5. The molecule has 0 unspecified atom stereocenters. The lowest BCUT2D eigenvalue weighted by Gasteiger charge is -2.61. The summed E-state index contributed by atoms with van der Waals surface area (Å²) in [7, 11) is 0. The van der Waals surface area contributed by atoms with Gasteiger partial charge in [-0.3, -0.25) is 0 Å². The van der Waals surface area contributed by atoms with Crippen molar-refractivity contribution in [3.05, 3.63) is 532 Å². The molecule has 21 aromatic carbocycles. The molecule has 0 spiro atoms. The summed E-state index contributed by atoms with van der Waals surface area (Å²) < 4.78 is 0. The smallest absolute Gasteiger partial charge is 0.0713 e. The highest BCUT2D eigenvalue weighted by atomic mass is 15.2. The van der Waals surface area contributed by atoms with Crippen LogP contribution in [-0.4, -0.2) is 5.54 Å². The zero-order chi connectivity index (χ0) is 87.7. The minimum atomic E-state index is -0.426. The molecule has 0 heterocycles. The lowest BCUT2D eigenvalue weighted by molar-refractivity contribution is 0.000555. The van der Waals surface area contributed by atoms with Gasteiger partial charge in [-0.05, 0) is 322 Å². The zero-order valence-electron chi connectivity index (χ0n) is 73.8. The summed E-state index contributed by atoms with van der Waals surface area (Å²) in [6.45, 7) is 0. The molecule has 0 aromatic heterocycles. The molecule has 630 valence electrons. The number of fused-ring (bicyclic) bond motifs is 7. The van der Waals surface area contributed by atoms with Gasteiger partial charge in [0.25, 0.3) is 0 Å². The van der Waals surface area contributed by atoms with Gasteiger partial charge in [-0.1, -0.05) is 382 Å². The molecule has 5 aliphatic rings. The summed E-state index contributed by atoms with van der Waals surface area (Å²) in [4.78, 5) is 7.45. The Balaban J connectivity index is 0.000000115. The maximum absolute atomic E-state index is 2.75. The van der Waals surface area contributed by atoms with Gasteiger partial charge in [-0.25, -0.2) is 0 Å². The van der Waals surface area contributed by atoms with Crippen LogP contribution in [0.4, 0.5) is 45.5 Å². The molecule has 26 rings (SSSR count). The van der Waals surface area contributed by atoms with E-state index in [0.717, 1.165) is 51.9 Å². The van der Waals surface area contributed by atoms with Gasteiger partial charge >= 0.3 is 0 Å². The van der Waals surface area contributed by atoms with E-state index in [-0.39, 0.29) is 5.54 Å². The fourth-order valence-electron chi connectivity index (χ4n) is 23.1. The summed E-state index contributed by atoms with van der Waals surface area (Å²) in [5.74, 6) is 2.74. The highest BCUT2D eigenvalue weighted by Gasteiger charge is 2.54. The minimum Gasteiger partial charge on any atom is -0.335 e. The summed E-state index contributed by atoms with van der Waals surface area (Å²) in [6, 6.07) is 185. The first kappa shape index (κ1) is 80.6. The van der Waals surface area contributed by atoms with E-state index in [1.807, 2.05) is 0 Å². The van der Waals surface area contributed by atoms with Gasteiger partial charge in [0.2, 0.25) is 0 Å². The van der Waals surface area contributed by atoms with Crippen molar-refractivity contribution in [2.75, 3.05) is 14.7 Å². The Morgan fingerprint density at radius 1 is 0.182 bits per heavy atom. The molecule has 21 aromatic rings. The Labute approximate surface area is 774 Å². The zero-order valence-corrected chi connectivity index (χ0v) is 73.8. The topological polar surface area (TPSA) is 9.72 Å². The first-order valence-corrected chi connectivity index (χ1v) is 46.8. The summed E-state index contributed by atoms with van der Waals surface area (Å²) in [5.41, 5.74) is 32.0. The molecule has 3 heteroatoms. The van der Waals surface area contributed by atoms with Gasteiger partial charge in [0, 0.05) is 50.7 Å². The Hall–Kier alpha value is -15.9. The van der Waals surface area contributed by atoms with Gasteiger partial charge in [-0.2, -0.15) is 0 Å². The van der Waals surface area contributed by atoms with Crippen molar-refractivity contribution >= 4 is 88.6 Å². The third kappa shape index (κ3) is 15.2. The molecule has 0 radical (unpaired) electrons. The number of hydrogen-bond acceptors (Lipinski definition) is 3. The fourth-order valence-corrected chi connectivity index (χ4v) is 23.1.